The molecule has 1 saturated carbocycles. The van der Waals surface area contributed by atoms with E-state index in [1.807, 2.05) is 51.1 Å². The van der Waals surface area contributed by atoms with Gasteiger partial charge in [-0.3, -0.25) is 28.9 Å². The second-order valence-corrected chi connectivity index (χ2v) is 26.4. The molecule has 4 atom stereocenters. The highest BCUT2D eigenvalue weighted by Gasteiger charge is 2.43. The van der Waals surface area contributed by atoms with Crippen LogP contribution in [0.1, 0.15) is 135 Å². The summed E-state index contributed by atoms with van der Waals surface area (Å²) >= 11 is 0. The number of hydrogen-bond donors (Lipinski definition) is 5. The van der Waals surface area contributed by atoms with E-state index in [1.165, 1.54) is 47.1 Å². The molecule has 528 valence electrons. The summed E-state index contributed by atoms with van der Waals surface area (Å²) in [7, 11) is 1.69. The number of alkyl halides is 2. The van der Waals surface area contributed by atoms with Crippen molar-refractivity contribution in [1.82, 2.24) is 45.9 Å². The van der Waals surface area contributed by atoms with Crippen molar-refractivity contribution in [3.8, 4) is 22.9 Å². The summed E-state index contributed by atoms with van der Waals surface area (Å²) in [5.41, 5.74) is 2.66. The molecule has 0 saturated heterocycles. The fourth-order valence-electron chi connectivity index (χ4n) is 11.1. The van der Waals surface area contributed by atoms with Crippen molar-refractivity contribution in [3.05, 3.63) is 137 Å². The first-order valence-electron chi connectivity index (χ1n) is 33.3. The quantitative estimate of drug-likeness (QED) is 0.0236. The Balaban J connectivity index is 0.617. The van der Waals surface area contributed by atoms with E-state index >= 15 is 0 Å². The van der Waals surface area contributed by atoms with Crippen LogP contribution in [-0.4, -0.2) is 177 Å². The smallest absolute Gasteiger partial charge is 0.416 e. The Hall–Kier alpha value is -8.73. The average molecular weight is 1360 g/mol. The van der Waals surface area contributed by atoms with Gasteiger partial charge in [-0.05, 0) is 149 Å². The molecule has 0 spiro atoms. The predicted molar refractivity (Wildman–Crippen MR) is 359 cm³/mol. The number of pyridine rings is 1. The van der Waals surface area contributed by atoms with Gasteiger partial charge in [0.2, 0.25) is 23.6 Å². The van der Waals surface area contributed by atoms with Crippen molar-refractivity contribution in [2.45, 2.75) is 130 Å². The zero-order valence-electron chi connectivity index (χ0n) is 57.0. The minimum Gasteiger partial charge on any atom is -0.491 e. The van der Waals surface area contributed by atoms with Gasteiger partial charge in [-0.25, -0.2) is 28.2 Å². The summed E-state index contributed by atoms with van der Waals surface area (Å²) < 4.78 is 75.2. The van der Waals surface area contributed by atoms with E-state index in [1.54, 1.807) is 51.8 Å². The van der Waals surface area contributed by atoms with Gasteiger partial charge in [0.05, 0.1) is 95.7 Å². The molecule has 6 amide bonds. The number of rotatable bonds is 34. The van der Waals surface area contributed by atoms with Gasteiger partial charge in [-0.1, -0.05) is 51.1 Å². The number of halogens is 2. The number of aryl methyl sites for hydroxylation is 1. The topological polar surface area (TPSA) is 290 Å². The van der Waals surface area contributed by atoms with Crippen LogP contribution in [0.5, 0.6) is 5.75 Å². The van der Waals surface area contributed by atoms with Crippen LogP contribution < -0.4 is 36.2 Å². The number of ether oxygens (including phenoxy) is 7. The first-order valence-corrected chi connectivity index (χ1v) is 33.3. The molecule has 6 aromatic rings. The van der Waals surface area contributed by atoms with Crippen LogP contribution in [0.15, 0.2) is 102 Å². The third kappa shape index (κ3) is 20.9. The Bertz CT molecular complexity index is 3660. The maximum atomic E-state index is 14.7. The Labute approximate surface area is 569 Å². The van der Waals surface area contributed by atoms with Crippen molar-refractivity contribution >= 4 is 47.1 Å². The summed E-state index contributed by atoms with van der Waals surface area (Å²) in [6.07, 6.45) is 5.18. The largest absolute Gasteiger partial charge is 0.491 e. The maximum absolute atomic E-state index is 14.7. The van der Waals surface area contributed by atoms with E-state index in [2.05, 4.69) is 53.8 Å². The Kier molecular flexibility index (Phi) is 26.0. The molecule has 9 rings (SSSR count). The van der Waals surface area contributed by atoms with Crippen LogP contribution in [0, 0.1) is 11.3 Å². The SMILES string of the molecule is CN[C@@H](C)C(=O)N[C@H](C(=O)N1Cc2cc(OCCOCCOCCOCCOCCOCCNC(=O)c3ccc(-n4cc(NC(=O)c5coc(-c6ccnc(N(CC7CC7)C(=O)OC(C)(C)C)c6)n5)c(C(F)F)n4)cc3)ccc2CC1C(=O)N[C@@H]1CCCc2ccccc21)C(C)(C)C. The third-order valence-electron chi connectivity index (χ3n) is 16.7. The highest BCUT2D eigenvalue weighted by molar-refractivity contribution is 6.03. The molecule has 3 aromatic heterocycles. The monoisotopic (exact) mass is 1360 g/mol. The molecule has 3 aromatic carbocycles. The zero-order valence-corrected chi connectivity index (χ0v) is 57.0. The van der Waals surface area contributed by atoms with Gasteiger partial charge in [0, 0.05) is 43.4 Å². The molecule has 1 unspecified atom stereocenters. The Morgan fingerprint density at radius 3 is 2.09 bits per heavy atom. The molecule has 1 aliphatic heterocycles. The second kappa shape index (κ2) is 34.7. The first-order chi connectivity index (χ1) is 47.0. The van der Waals surface area contributed by atoms with Gasteiger partial charge in [-0.2, -0.15) is 5.10 Å². The van der Waals surface area contributed by atoms with Gasteiger partial charge >= 0.3 is 6.09 Å². The highest BCUT2D eigenvalue weighted by atomic mass is 19.3. The molecule has 2 aliphatic carbocycles. The minimum atomic E-state index is -3.05. The zero-order chi connectivity index (χ0) is 69.9. The van der Waals surface area contributed by atoms with Crippen molar-refractivity contribution in [3.63, 3.8) is 0 Å². The molecule has 0 radical (unpaired) electrons. The summed E-state index contributed by atoms with van der Waals surface area (Å²) in [5.74, 6) is -0.801. The lowest BCUT2D eigenvalue weighted by Crippen LogP contribution is -2.62. The number of fused-ring (bicyclic) bond motifs is 2. The number of amides is 6. The number of nitrogens with zero attached hydrogens (tertiary/aromatic N) is 6. The fourth-order valence-corrected chi connectivity index (χ4v) is 11.1. The molecular weight excluding hydrogens is 1270 g/mol. The Morgan fingerprint density at radius 2 is 1.44 bits per heavy atom. The summed E-state index contributed by atoms with van der Waals surface area (Å²) in [5, 5.41) is 18.5. The second-order valence-electron chi connectivity index (χ2n) is 26.4. The van der Waals surface area contributed by atoms with Gasteiger partial charge in [0.1, 0.15) is 42.1 Å². The number of anilines is 2. The number of likely N-dealkylation sites (N-methyl/N-ethyl adjacent to an activating group) is 1. The third-order valence-corrected chi connectivity index (χ3v) is 16.7. The number of oxazole rings is 1. The lowest BCUT2D eigenvalue weighted by Gasteiger charge is -2.41. The predicted octanol–water partition coefficient (Wildman–Crippen LogP) is 8.74. The van der Waals surface area contributed by atoms with Crippen LogP contribution in [-0.2, 0) is 62.2 Å². The van der Waals surface area contributed by atoms with Gasteiger partial charge in [0.15, 0.2) is 11.4 Å². The van der Waals surface area contributed by atoms with Crippen LogP contribution in [0.3, 0.4) is 0 Å². The van der Waals surface area contributed by atoms with E-state index in [0.717, 1.165) is 59.7 Å². The lowest BCUT2D eigenvalue weighted by atomic mass is 9.83. The summed E-state index contributed by atoms with van der Waals surface area (Å²) in [4.78, 5) is 93.4. The van der Waals surface area contributed by atoms with Crippen molar-refractivity contribution in [2.24, 2.45) is 11.3 Å². The fraction of sp³-hybridized carbons (Fsp3) is 0.507. The van der Waals surface area contributed by atoms with Crippen LogP contribution >= 0.6 is 0 Å². The maximum Gasteiger partial charge on any atom is 0.416 e. The highest BCUT2D eigenvalue weighted by Crippen LogP contribution is 2.36. The van der Waals surface area contributed by atoms with E-state index in [-0.39, 0.29) is 73.2 Å². The number of carbonyl (C=O) groups is 6. The minimum absolute atomic E-state index is 0.0375. The molecule has 3 aliphatic rings. The van der Waals surface area contributed by atoms with E-state index in [9.17, 15) is 37.5 Å². The first kappa shape index (κ1) is 73.5. The van der Waals surface area contributed by atoms with Gasteiger partial charge in [-0.15, -0.1) is 0 Å². The van der Waals surface area contributed by atoms with Crippen molar-refractivity contribution in [1.29, 1.82) is 0 Å². The van der Waals surface area contributed by atoms with Crippen LogP contribution in [0.4, 0.5) is 25.1 Å². The summed E-state index contributed by atoms with van der Waals surface area (Å²) in [6, 6.07) is 20.8. The van der Waals surface area contributed by atoms with E-state index in [4.69, 9.17) is 37.6 Å². The number of benzene rings is 3. The van der Waals surface area contributed by atoms with Gasteiger partial charge < -0.3 is 69.1 Å². The standard InChI is InChI=1S/C71H91F2N11O14/c1-45(74-8)63(85)80-61(70(2,3)4)68(89)82-42-51-38-53(23-20-49(51)39-58(82)66(88)77-55-15-11-13-47-12-9-10-14-54(47)55)96-37-36-95-35-34-94-33-32-93-31-30-92-29-28-91-27-26-76-64(86)48-18-21-52(22-19-48)84-43-56(60(81-84)62(72)73)78-65(87)57-44-97-67(79-57)50-24-25-75-59(40-50)83(41-46-16-17-46)69(90)98-71(5,6)7/h9-10,12,14,18-25,38,40,43-46,55,58,61-62,74H,11,13,15-17,26-37,39,41-42H2,1-8H3,(H,76,86)(H,77,88)(H,78,87)(H,80,85)/t45-,55+,58?,61+/m0/s1. The molecule has 4 heterocycles. The normalized spacial score (nSPS) is 15.9. The van der Waals surface area contributed by atoms with Crippen molar-refractivity contribution < 1.29 is 75.1 Å². The molecule has 98 heavy (non-hydrogen) atoms. The molecule has 27 heteroatoms. The Morgan fingerprint density at radius 1 is 0.765 bits per heavy atom. The molecule has 1 fully saturated rings. The number of carbonyl (C=O) groups excluding carboxylic acids is 6. The van der Waals surface area contributed by atoms with E-state index < -0.39 is 53.3 Å². The number of nitrogens with one attached hydrogen (secondary N) is 5. The van der Waals surface area contributed by atoms with Gasteiger partial charge in [0.25, 0.3) is 18.2 Å². The van der Waals surface area contributed by atoms with Crippen LogP contribution in [0.2, 0.25) is 0 Å². The van der Waals surface area contributed by atoms with Crippen molar-refractivity contribution in [2.75, 3.05) is 103 Å². The van der Waals surface area contributed by atoms with Crippen LogP contribution in [0.25, 0.3) is 17.1 Å². The average Bonchev–Trinajstić information content (AvgIpc) is 0.962. The van der Waals surface area contributed by atoms with E-state index in [0.29, 0.717) is 107 Å². The number of hydrogen-bond acceptors (Lipinski definition) is 18. The summed E-state index contributed by atoms with van der Waals surface area (Å²) in [6.45, 7) is 17.1. The number of aromatic nitrogens is 4. The lowest BCUT2D eigenvalue weighted by molar-refractivity contribution is -0.147. The molecule has 0 bridgehead atoms. The molecule has 5 N–H and O–H groups in total. The molecular formula is C71H91F2N11O14. The molecule has 25 nitrogen and oxygen atoms in total.